The topological polar surface area (TPSA) is 4.41 Å². The molecule has 0 aliphatic carbocycles. The first-order valence-electron chi connectivity index (χ1n) is 7.34. The molecule has 2 aromatic heterocycles. The molecule has 0 aliphatic rings. The highest BCUT2D eigenvalue weighted by molar-refractivity contribution is 6.35. The van der Waals surface area contributed by atoms with Crippen LogP contribution in [0.2, 0.25) is 5.02 Å². The molecule has 22 heavy (non-hydrogen) atoms. The van der Waals surface area contributed by atoms with Crippen LogP contribution in [0, 0.1) is 0 Å². The maximum absolute atomic E-state index is 6.51. The van der Waals surface area contributed by atoms with Crippen LogP contribution in [-0.2, 0) is 0 Å². The Kier molecular flexibility index (Phi) is 2.33. The van der Waals surface area contributed by atoms with E-state index in [2.05, 4.69) is 65.1 Å². The van der Waals surface area contributed by atoms with Crippen molar-refractivity contribution >= 4 is 49.7 Å². The van der Waals surface area contributed by atoms with Gasteiger partial charge in [0.05, 0.1) is 21.6 Å². The van der Waals surface area contributed by atoms with Crippen LogP contribution in [0.15, 0.2) is 72.8 Å². The number of rotatable bonds is 0. The lowest BCUT2D eigenvalue weighted by atomic mass is 10.1. The highest BCUT2D eigenvalue weighted by atomic mass is 35.5. The predicted molar refractivity (Wildman–Crippen MR) is 94.9 cm³/mol. The average molecular weight is 302 g/mol. The largest absolute Gasteiger partial charge is 0.307 e. The van der Waals surface area contributed by atoms with Crippen LogP contribution in [0.25, 0.3) is 38.1 Å². The third-order valence-corrected chi connectivity index (χ3v) is 4.72. The van der Waals surface area contributed by atoms with Crippen molar-refractivity contribution in [1.82, 2.24) is 4.40 Å². The van der Waals surface area contributed by atoms with E-state index in [1.807, 2.05) is 12.1 Å². The van der Waals surface area contributed by atoms with Gasteiger partial charge in [0.2, 0.25) is 0 Å². The summed E-state index contributed by atoms with van der Waals surface area (Å²) in [5.74, 6) is 0. The molecule has 0 saturated carbocycles. The lowest BCUT2D eigenvalue weighted by Gasteiger charge is -2.10. The van der Waals surface area contributed by atoms with Crippen molar-refractivity contribution in [3.8, 4) is 0 Å². The van der Waals surface area contributed by atoms with Crippen molar-refractivity contribution in [2.75, 3.05) is 0 Å². The molecule has 0 unspecified atom stereocenters. The zero-order valence-electron chi connectivity index (χ0n) is 11.8. The van der Waals surface area contributed by atoms with Crippen LogP contribution in [0.4, 0.5) is 0 Å². The van der Waals surface area contributed by atoms with Gasteiger partial charge in [0.25, 0.3) is 0 Å². The first kappa shape index (κ1) is 12.1. The van der Waals surface area contributed by atoms with Gasteiger partial charge in [-0.2, -0.15) is 0 Å². The summed E-state index contributed by atoms with van der Waals surface area (Å²) in [4.78, 5) is 0. The normalized spacial score (nSPS) is 11.9. The van der Waals surface area contributed by atoms with Gasteiger partial charge in [-0.3, -0.25) is 0 Å². The molecule has 0 atom stereocenters. The number of benzene rings is 3. The summed E-state index contributed by atoms with van der Waals surface area (Å²) in [5.41, 5.74) is 3.48. The molecule has 0 radical (unpaired) electrons. The molecule has 0 saturated heterocycles. The van der Waals surface area contributed by atoms with E-state index in [1.165, 1.54) is 32.6 Å². The number of pyridine rings is 1. The smallest absolute Gasteiger partial charge is 0.0721 e. The van der Waals surface area contributed by atoms with Gasteiger partial charge >= 0.3 is 0 Å². The van der Waals surface area contributed by atoms with E-state index in [4.69, 9.17) is 11.6 Å². The summed E-state index contributed by atoms with van der Waals surface area (Å²) in [6.07, 6.45) is 0. The quantitative estimate of drug-likeness (QED) is 0.307. The van der Waals surface area contributed by atoms with E-state index in [0.717, 1.165) is 10.5 Å². The van der Waals surface area contributed by atoms with Gasteiger partial charge in [-0.1, -0.05) is 66.2 Å². The number of hydrogen-bond donors (Lipinski definition) is 0. The molecular formula is C20H12ClN. The zero-order chi connectivity index (χ0) is 14.7. The molecular weight excluding hydrogens is 290 g/mol. The second-order valence-electron chi connectivity index (χ2n) is 5.61. The minimum absolute atomic E-state index is 0.790. The lowest BCUT2D eigenvalue weighted by Crippen LogP contribution is -1.90. The summed E-state index contributed by atoms with van der Waals surface area (Å²) in [6, 6.07) is 25.4. The average Bonchev–Trinajstić information content (AvgIpc) is 2.96. The molecule has 0 bridgehead atoms. The lowest BCUT2D eigenvalue weighted by molar-refractivity contribution is 1.35. The molecule has 0 amide bonds. The summed E-state index contributed by atoms with van der Waals surface area (Å²) >= 11 is 6.51. The van der Waals surface area contributed by atoms with Crippen molar-refractivity contribution in [1.29, 1.82) is 0 Å². The Balaban J connectivity index is 2.26. The summed E-state index contributed by atoms with van der Waals surface area (Å²) in [5, 5.41) is 5.76. The maximum Gasteiger partial charge on any atom is 0.0721 e. The van der Waals surface area contributed by atoms with Crippen molar-refractivity contribution in [2.45, 2.75) is 0 Å². The first-order chi connectivity index (χ1) is 10.8. The third kappa shape index (κ3) is 1.44. The van der Waals surface area contributed by atoms with Crippen molar-refractivity contribution < 1.29 is 0 Å². The summed E-state index contributed by atoms with van der Waals surface area (Å²) in [7, 11) is 0. The Morgan fingerprint density at radius 1 is 0.636 bits per heavy atom. The van der Waals surface area contributed by atoms with Crippen molar-refractivity contribution in [2.24, 2.45) is 0 Å². The standard InChI is InChI=1S/C20H12ClN/c21-17-10-5-6-13-12-19-16-9-2-1-7-14(16)15-8-3-4-11-18(15)22(19)20(13)17/h1-12H. The Hall–Kier alpha value is -2.51. The van der Waals surface area contributed by atoms with Gasteiger partial charge < -0.3 is 4.40 Å². The van der Waals surface area contributed by atoms with E-state index in [0.29, 0.717) is 0 Å². The Bertz CT molecular complexity index is 1180. The molecule has 104 valence electrons. The van der Waals surface area contributed by atoms with E-state index in [1.54, 1.807) is 0 Å². The number of para-hydroxylation sites is 2. The molecule has 2 heteroatoms. The molecule has 5 rings (SSSR count). The molecule has 0 spiro atoms. The van der Waals surface area contributed by atoms with E-state index in [-0.39, 0.29) is 0 Å². The Labute approximate surface area is 132 Å². The van der Waals surface area contributed by atoms with Gasteiger partial charge in [-0.25, -0.2) is 0 Å². The van der Waals surface area contributed by atoms with E-state index in [9.17, 15) is 0 Å². The highest BCUT2D eigenvalue weighted by Gasteiger charge is 2.13. The van der Waals surface area contributed by atoms with Gasteiger partial charge in [-0.05, 0) is 23.6 Å². The van der Waals surface area contributed by atoms with Crippen LogP contribution < -0.4 is 0 Å². The van der Waals surface area contributed by atoms with Crippen LogP contribution >= 0.6 is 11.6 Å². The minimum atomic E-state index is 0.790. The van der Waals surface area contributed by atoms with Crippen LogP contribution in [0.3, 0.4) is 0 Å². The maximum atomic E-state index is 6.51. The summed E-state index contributed by atoms with van der Waals surface area (Å²) < 4.78 is 2.29. The second kappa shape index (κ2) is 4.25. The molecule has 3 aromatic carbocycles. The zero-order valence-corrected chi connectivity index (χ0v) is 12.5. The fraction of sp³-hybridized carbons (Fsp3) is 0. The Morgan fingerprint density at radius 3 is 2.14 bits per heavy atom. The van der Waals surface area contributed by atoms with E-state index < -0.39 is 0 Å². The van der Waals surface area contributed by atoms with Crippen molar-refractivity contribution in [3.05, 3.63) is 77.8 Å². The Morgan fingerprint density at radius 2 is 1.32 bits per heavy atom. The van der Waals surface area contributed by atoms with Crippen molar-refractivity contribution in [3.63, 3.8) is 0 Å². The highest BCUT2D eigenvalue weighted by Crippen LogP contribution is 2.35. The van der Waals surface area contributed by atoms with Gasteiger partial charge in [0.15, 0.2) is 0 Å². The number of nitrogens with zero attached hydrogens (tertiary/aromatic N) is 1. The molecule has 5 aromatic rings. The predicted octanol–water partition coefficient (Wildman–Crippen LogP) is 6.05. The molecule has 2 heterocycles. The summed E-state index contributed by atoms with van der Waals surface area (Å²) in [6.45, 7) is 0. The monoisotopic (exact) mass is 301 g/mol. The van der Waals surface area contributed by atoms with Crippen LogP contribution in [0.5, 0.6) is 0 Å². The van der Waals surface area contributed by atoms with Gasteiger partial charge in [0.1, 0.15) is 0 Å². The number of hydrogen-bond acceptors (Lipinski definition) is 0. The van der Waals surface area contributed by atoms with Gasteiger partial charge in [-0.15, -0.1) is 0 Å². The van der Waals surface area contributed by atoms with Gasteiger partial charge in [0, 0.05) is 16.2 Å². The second-order valence-corrected chi connectivity index (χ2v) is 6.01. The third-order valence-electron chi connectivity index (χ3n) is 4.41. The minimum Gasteiger partial charge on any atom is -0.307 e. The molecule has 0 N–H and O–H groups in total. The number of aromatic nitrogens is 1. The fourth-order valence-electron chi connectivity index (χ4n) is 3.50. The van der Waals surface area contributed by atoms with Crippen LogP contribution in [-0.4, -0.2) is 4.40 Å². The molecule has 0 fully saturated rings. The number of halogens is 1. The molecule has 0 aliphatic heterocycles. The van der Waals surface area contributed by atoms with E-state index >= 15 is 0 Å². The SMILES string of the molecule is Clc1cccc2cc3c4ccccc4c4ccccc4n3c12. The molecule has 1 nitrogen and oxygen atoms in total. The first-order valence-corrected chi connectivity index (χ1v) is 7.71. The van der Waals surface area contributed by atoms with Crippen LogP contribution in [0.1, 0.15) is 0 Å². The fourth-order valence-corrected chi connectivity index (χ4v) is 3.77. The number of fused-ring (bicyclic) bond motifs is 8.